The van der Waals surface area contributed by atoms with E-state index in [4.69, 9.17) is 5.73 Å². The van der Waals surface area contributed by atoms with Crippen LogP contribution in [0.3, 0.4) is 0 Å². The Morgan fingerprint density at radius 2 is 2.73 bits per heavy atom. The molecule has 62 valence electrons. The van der Waals surface area contributed by atoms with Gasteiger partial charge in [-0.2, -0.15) is 4.28 Å². The van der Waals surface area contributed by atoms with E-state index >= 15 is 0 Å². The summed E-state index contributed by atoms with van der Waals surface area (Å²) in [5, 5.41) is 0. The molecule has 0 saturated carbocycles. The number of hydrogen-bond acceptors (Lipinski definition) is 4. The minimum atomic E-state index is -1.61. The van der Waals surface area contributed by atoms with Crippen LogP contribution in [0.1, 0.15) is 6.42 Å². The summed E-state index contributed by atoms with van der Waals surface area (Å²) in [6, 6.07) is -0.307. The number of nitrogens with one attached hydrogen (secondary N) is 1. The molecule has 3 N–H and O–H groups in total. The summed E-state index contributed by atoms with van der Waals surface area (Å²) in [6.45, 7) is 3.51. The normalized spacial score (nSPS) is 25.5. The smallest absolute Gasteiger partial charge is 0.309 e. The Morgan fingerprint density at radius 1 is 2.00 bits per heavy atom. The number of hydroxylamine groups is 1. The summed E-state index contributed by atoms with van der Waals surface area (Å²) in [6.07, 6.45) is 2.24. The van der Waals surface area contributed by atoms with E-state index in [0.717, 1.165) is 0 Å². The number of rotatable bonds is 3. The second kappa shape index (κ2) is 3.61. The third-order valence-corrected chi connectivity index (χ3v) is 1.73. The summed E-state index contributed by atoms with van der Waals surface area (Å²) < 4.78 is 18.5. The predicted octanol–water partition coefficient (Wildman–Crippen LogP) is -0.598. The maximum Gasteiger partial charge on any atom is 0.309 e. The van der Waals surface area contributed by atoms with E-state index in [9.17, 15) is 4.21 Å². The van der Waals surface area contributed by atoms with Crippen LogP contribution < -0.4 is 11.2 Å². The molecular weight excluding hydrogens is 166 g/mol. The van der Waals surface area contributed by atoms with Gasteiger partial charge in [0.25, 0.3) is 0 Å². The molecule has 0 spiro atoms. The van der Waals surface area contributed by atoms with E-state index in [-0.39, 0.29) is 6.04 Å². The first-order valence-corrected chi connectivity index (χ1v) is 4.07. The summed E-state index contributed by atoms with van der Waals surface area (Å²) in [4.78, 5) is 0. The molecule has 0 aromatic heterocycles. The van der Waals surface area contributed by atoms with Crippen LogP contribution in [0.5, 0.6) is 0 Å². The fourth-order valence-electron chi connectivity index (χ4n) is 0.630. The lowest BCUT2D eigenvalue weighted by atomic mass is 10.2. The Kier molecular flexibility index (Phi) is 2.75. The molecule has 0 fully saturated rings. The van der Waals surface area contributed by atoms with E-state index in [0.29, 0.717) is 12.3 Å². The minimum absolute atomic E-state index is 0.307. The van der Waals surface area contributed by atoms with Gasteiger partial charge < -0.3 is 5.73 Å². The maximum atomic E-state index is 10.5. The van der Waals surface area contributed by atoms with Crippen molar-refractivity contribution in [2.24, 2.45) is 10.1 Å². The molecule has 1 aliphatic heterocycles. The molecule has 2 unspecified atom stereocenters. The molecular formula is C5H9N3O2S. The summed E-state index contributed by atoms with van der Waals surface area (Å²) >= 11 is -1.61. The Balaban J connectivity index is 2.53. The zero-order valence-electron chi connectivity index (χ0n) is 5.82. The fraction of sp³-hybridized carbons (Fsp3) is 0.400. The van der Waals surface area contributed by atoms with Crippen LogP contribution >= 0.6 is 0 Å². The molecule has 1 heterocycles. The Hall–Kier alpha value is -0.720. The molecule has 0 bridgehead atoms. The topological polar surface area (TPSA) is 76.7 Å². The molecule has 1 rings (SSSR count). The summed E-state index contributed by atoms with van der Waals surface area (Å²) in [5.74, 6) is 0.406. The molecule has 6 heteroatoms. The van der Waals surface area contributed by atoms with Crippen LogP contribution in [0, 0.1) is 0 Å². The summed E-state index contributed by atoms with van der Waals surface area (Å²) in [7, 11) is 0. The first-order chi connectivity index (χ1) is 5.24. The first kappa shape index (κ1) is 8.38. The molecule has 0 aliphatic carbocycles. The molecule has 2 atom stereocenters. The summed E-state index contributed by atoms with van der Waals surface area (Å²) in [5.41, 5.74) is 7.94. The zero-order chi connectivity index (χ0) is 8.27. The van der Waals surface area contributed by atoms with Gasteiger partial charge in [0.2, 0.25) is 0 Å². The Bertz CT molecular complexity index is 216. The highest BCUT2D eigenvalue weighted by Crippen LogP contribution is 2.00. The van der Waals surface area contributed by atoms with Gasteiger partial charge in [-0.3, -0.25) is 0 Å². The van der Waals surface area contributed by atoms with Gasteiger partial charge in [-0.05, 0) is 6.42 Å². The average Bonchev–Trinajstić information content (AvgIpc) is 2.36. The predicted molar refractivity (Wildman–Crippen MR) is 42.6 cm³/mol. The van der Waals surface area contributed by atoms with Crippen molar-refractivity contribution in [3.8, 4) is 0 Å². The van der Waals surface area contributed by atoms with E-state index in [1.807, 2.05) is 0 Å². The van der Waals surface area contributed by atoms with Crippen molar-refractivity contribution < 1.29 is 8.49 Å². The van der Waals surface area contributed by atoms with Gasteiger partial charge in [-0.15, -0.1) is 11.0 Å². The monoisotopic (exact) mass is 175 g/mol. The molecule has 1 aliphatic rings. The second-order valence-electron chi connectivity index (χ2n) is 2.01. The Labute approximate surface area is 67.1 Å². The highest BCUT2D eigenvalue weighted by Gasteiger charge is 2.18. The fourth-order valence-corrected chi connectivity index (χ4v) is 1.16. The van der Waals surface area contributed by atoms with Gasteiger partial charge in [0.05, 0.1) is 6.04 Å². The van der Waals surface area contributed by atoms with Crippen LogP contribution in [-0.2, 0) is 15.6 Å². The van der Waals surface area contributed by atoms with Crippen molar-refractivity contribution in [3.05, 3.63) is 12.7 Å². The largest absolute Gasteiger partial charge is 0.321 e. The Morgan fingerprint density at radius 3 is 3.18 bits per heavy atom. The minimum Gasteiger partial charge on any atom is -0.321 e. The molecule has 0 radical (unpaired) electrons. The van der Waals surface area contributed by atoms with Crippen molar-refractivity contribution in [3.63, 3.8) is 0 Å². The van der Waals surface area contributed by atoms with E-state index in [1.54, 1.807) is 6.08 Å². The van der Waals surface area contributed by atoms with Crippen LogP contribution in [0.2, 0.25) is 0 Å². The zero-order valence-corrected chi connectivity index (χ0v) is 6.63. The number of amidine groups is 1. The van der Waals surface area contributed by atoms with Crippen molar-refractivity contribution in [2.75, 3.05) is 0 Å². The number of nitrogens with zero attached hydrogens (tertiary/aromatic N) is 1. The number of nitrogens with two attached hydrogens (primary N) is 1. The molecule has 0 aromatic rings. The lowest BCUT2D eigenvalue weighted by Gasteiger charge is -2.05. The van der Waals surface area contributed by atoms with E-state index < -0.39 is 11.3 Å². The number of hydrogen-bond donors (Lipinski definition) is 2. The van der Waals surface area contributed by atoms with Crippen molar-refractivity contribution in [2.45, 2.75) is 12.5 Å². The third kappa shape index (κ3) is 2.11. The van der Waals surface area contributed by atoms with Gasteiger partial charge in [0.1, 0.15) is 0 Å². The van der Waals surface area contributed by atoms with Crippen LogP contribution in [-0.4, -0.2) is 16.1 Å². The lowest BCUT2D eigenvalue weighted by molar-refractivity contribution is 0.301. The molecule has 11 heavy (non-hydrogen) atoms. The van der Waals surface area contributed by atoms with Crippen molar-refractivity contribution in [1.29, 1.82) is 0 Å². The highest BCUT2D eigenvalue weighted by molar-refractivity contribution is 7.79. The van der Waals surface area contributed by atoms with Gasteiger partial charge in [0.15, 0.2) is 5.84 Å². The van der Waals surface area contributed by atoms with Gasteiger partial charge in [-0.25, -0.2) is 9.69 Å². The van der Waals surface area contributed by atoms with Gasteiger partial charge >= 0.3 is 11.3 Å². The van der Waals surface area contributed by atoms with Crippen LogP contribution in [0.15, 0.2) is 17.1 Å². The molecule has 0 saturated heterocycles. The first-order valence-electron chi connectivity index (χ1n) is 3.04. The maximum absolute atomic E-state index is 10.5. The molecule has 5 nitrogen and oxygen atoms in total. The average molecular weight is 175 g/mol. The molecule has 0 amide bonds. The third-order valence-electron chi connectivity index (χ3n) is 1.16. The quantitative estimate of drug-likeness (QED) is 0.562. The van der Waals surface area contributed by atoms with Crippen LogP contribution in [0.25, 0.3) is 0 Å². The standard InChI is InChI=1S/C5H9N3O2S/c1-2-3-4(6)5-7-10-11(9)8-5/h2,4H,1,3,6H2,(H,7,8). The van der Waals surface area contributed by atoms with E-state index in [2.05, 4.69) is 20.7 Å². The highest BCUT2D eigenvalue weighted by atomic mass is 32.2. The van der Waals surface area contributed by atoms with Crippen molar-refractivity contribution >= 4 is 17.1 Å². The van der Waals surface area contributed by atoms with Gasteiger partial charge in [0, 0.05) is 0 Å². The van der Waals surface area contributed by atoms with Crippen molar-refractivity contribution in [1.82, 2.24) is 5.48 Å². The SMILES string of the molecule is C=CCC(N)C1=NS(=O)ON1. The second-order valence-corrected chi connectivity index (χ2v) is 2.79. The van der Waals surface area contributed by atoms with Crippen LogP contribution in [0.4, 0.5) is 0 Å². The van der Waals surface area contributed by atoms with E-state index in [1.165, 1.54) is 0 Å². The lowest BCUT2D eigenvalue weighted by Crippen LogP contribution is -2.36. The molecule has 0 aromatic carbocycles. The van der Waals surface area contributed by atoms with Gasteiger partial charge in [-0.1, -0.05) is 6.08 Å².